The highest BCUT2D eigenvalue weighted by Gasteiger charge is 2.72. The van der Waals surface area contributed by atoms with Gasteiger partial charge in [-0.25, -0.2) is 0 Å². The van der Waals surface area contributed by atoms with E-state index in [1.54, 1.807) is 0 Å². The average Bonchev–Trinajstić information content (AvgIpc) is 2.72. The van der Waals surface area contributed by atoms with E-state index < -0.39 is 86.3 Å². The number of rotatable bonds is 9. The average molecular weight is 367 g/mol. The van der Waals surface area contributed by atoms with Crippen molar-refractivity contribution in [2.24, 2.45) is 5.73 Å². The molecule has 0 aromatic rings. The third-order valence-electron chi connectivity index (χ3n) is 3.42. The Balaban J connectivity index is 6.76. The van der Waals surface area contributed by atoms with Crippen molar-refractivity contribution in [1.82, 2.24) is 0 Å². The summed E-state index contributed by atoms with van der Waals surface area (Å²) in [5, 5.41) is 42.0. The van der Waals surface area contributed by atoms with Crippen molar-refractivity contribution < 1.29 is 54.6 Å². The van der Waals surface area contributed by atoms with Crippen molar-refractivity contribution in [3.05, 3.63) is 0 Å². The van der Waals surface area contributed by atoms with E-state index in [0.717, 1.165) is 0 Å². The summed E-state index contributed by atoms with van der Waals surface area (Å²) in [6.45, 7) is -6.66. The summed E-state index contributed by atoms with van der Waals surface area (Å²) in [5.41, 5.74) is -7.16. The summed E-state index contributed by atoms with van der Waals surface area (Å²) in [6.07, 6.45) is -2.80. The number of ether oxygens (including phenoxy) is 1. The van der Waals surface area contributed by atoms with Crippen molar-refractivity contribution in [2.75, 3.05) is 6.61 Å². The number of Topliss-reactive ketones (excluding diaryl/α,β-unsaturated/α-hetero) is 4. The predicted molar refractivity (Wildman–Crippen MR) is 78.7 cm³/mol. The molecule has 0 aliphatic carbocycles. The predicted octanol–water partition coefficient (Wildman–Crippen LogP) is -3.64. The zero-order valence-electron chi connectivity index (χ0n) is 16.9. The van der Waals surface area contributed by atoms with Crippen molar-refractivity contribution in [1.29, 1.82) is 0 Å². The first kappa shape index (κ1) is 16.4. The maximum absolute atomic E-state index is 12.3. The number of esters is 1. The molecule has 25 heavy (non-hydrogen) atoms. The molecule has 0 aliphatic rings. The molecule has 0 heterocycles. The smallest absolute Gasteiger partial charge is 0.302 e. The Kier molecular flexibility index (Phi) is 4.90. The molecule has 4 atom stereocenters. The van der Waals surface area contributed by atoms with Gasteiger partial charge in [0.25, 0.3) is 0 Å². The molecular formula is C14H21NO10. The van der Waals surface area contributed by atoms with Crippen LogP contribution in [0.4, 0.5) is 0 Å². The topological polar surface area (TPSA) is 202 Å². The summed E-state index contributed by atoms with van der Waals surface area (Å²) >= 11 is 0. The lowest BCUT2D eigenvalue weighted by Crippen LogP contribution is -2.83. The SMILES string of the molecule is [2H]CC(=O)OC[C@@H](O)[C@](O)(C(=O)C[2H])[C@@](O)(C(=O)C[2H])[C@@](N)(O)C(=O)C(=O)C[2H]. The molecule has 142 valence electrons. The standard InChI is InChI=1S/C14H21NO10/c1-6(16)11(21)14(15,24)13(23,8(3)18)12(22,7(2)17)10(20)5-25-9(4)19/h10,20,22-24H,5,15H2,1-4H3/t10-,12-,13+,14+/m1/s1/i1D,2D,3D,4D. The monoisotopic (exact) mass is 367 g/mol. The van der Waals surface area contributed by atoms with Crippen molar-refractivity contribution >= 4 is 29.1 Å². The van der Waals surface area contributed by atoms with Crippen LogP contribution in [0.15, 0.2) is 0 Å². The Bertz CT molecular complexity index is 687. The highest BCUT2D eigenvalue weighted by atomic mass is 16.5. The highest BCUT2D eigenvalue weighted by Crippen LogP contribution is 2.36. The minimum absolute atomic E-state index is 0.967. The molecule has 11 heteroatoms. The molecule has 0 rings (SSSR count). The second kappa shape index (κ2) is 7.45. The van der Waals surface area contributed by atoms with Crippen LogP contribution in [0.3, 0.4) is 0 Å². The molecule has 0 saturated heterocycles. The summed E-state index contributed by atoms with van der Waals surface area (Å²) in [5.74, 6) is -9.16. The largest absolute Gasteiger partial charge is 0.463 e. The normalized spacial score (nSPS) is 21.6. The molecule has 11 nitrogen and oxygen atoms in total. The first-order valence-electron chi connectivity index (χ1n) is 9.17. The maximum Gasteiger partial charge on any atom is 0.302 e. The second-order valence-corrected chi connectivity index (χ2v) is 5.04. The van der Waals surface area contributed by atoms with Crippen LogP contribution in [0.2, 0.25) is 0 Å². The van der Waals surface area contributed by atoms with Crippen molar-refractivity contribution in [2.45, 2.75) is 50.6 Å². The number of carbonyl (C=O) groups is 5. The zero-order chi connectivity index (χ0) is 23.2. The Morgan fingerprint density at radius 2 is 1.60 bits per heavy atom. The van der Waals surface area contributed by atoms with E-state index in [1.807, 2.05) is 0 Å². The molecule has 0 aliphatic heterocycles. The molecule has 0 amide bonds. The number of hydrogen-bond donors (Lipinski definition) is 5. The molecule has 0 unspecified atom stereocenters. The van der Waals surface area contributed by atoms with Crippen LogP contribution in [-0.4, -0.2) is 79.2 Å². The third kappa shape index (κ3) is 3.65. The van der Waals surface area contributed by atoms with E-state index in [4.69, 9.17) is 11.2 Å². The number of aliphatic hydroxyl groups is 4. The van der Waals surface area contributed by atoms with Crippen molar-refractivity contribution in [3.63, 3.8) is 0 Å². The van der Waals surface area contributed by atoms with E-state index >= 15 is 0 Å². The van der Waals surface area contributed by atoms with Gasteiger partial charge in [-0.3, -0.25) is 29.7 Å². The van der Waals surface area contributed by atoms with Crippen LogP contribution in [0.1, 0.15) is 33.1 Å². The van der Waals surface area contributed by atoms with Crippen LogP contribution in [-0.2, 0) is 28.7 Å². The van der Waals surface area contributed by atoms with Crippen LogP contribution in [0, 0.1) is 0 Å². The Morgan fingerprint density at radius 1 is 1.04 bits per heavy atom. The Hall–Kier alpha value is -2.05. The van der Waals surface area contributed by atoms with Gasteiger partial charge in [0.1, 0.15) is 12.7 Å². The van der Waals surface area contributed by atoms with E-state index in [0.29, 0.717) is 0 Å². The van der Waals surface area contributed by atoms with Gasteiger partial charge >= 0.3 is 5.97 Å². The van der Waals surface area contributed by atoms with E-state index in [2.05, 4.69) is 4.74 Å². The van der Waals surface area contributed by atoms with Gasteiger partial charge in [-0.2, -0.15) is 0 Å². The lowest BCUT2D eigenvalue weighted by Gasteiger charge is -2.48. The fourth-order valence-corrected chi connectivity index (χ4v) is 2.01. The van der Waals surface area contributed by atoms with Crippen LogP contribution in [0.5, 0.6) is 0 Å². The number of ketones is 4. The molecule has 0 spiro atoms. The van der Waals surface area contributed by atoms with Crippen LogP contribution >= 0.6 is 0 Å². The van der Waals surface area contributed by atoms with Gasteiger partial charge in [-0.1, -0.05) is 0 Å². The molecule has 0 radical (unpaired) electrons. The maximum atomic E-state index is 12.3. The van der Waals surface area contributed by atoms with Crippen LogP contribution in [0.25, 0.3) is 0 Å². The van der Waals surface area contributed by atoms with Gasteiger partial charge in [0.05, 0.1) is 0 Å². The molecule has 6 N–H and O–H groups in total. The second-order valence-electron chi connectivity index (χ2n) is 5.04. The van der Waals surface area contributed by atoms with Gasteiger partial charge in [0.2, 0.25) is 17.1 Å². The summed E-state index contributed by atoms with van der Waals surface area (Å²) < 4.78 is 32.1. The lowest BCUT2D eigenvalue weighted by molar-refractivity contribution is -0.250. The van der Waals surface area contributed by atoms with Crippen molar-refractivity contribution in [3.8, 4) is 0 Å². The van der Waals surface area contributed by atoms with Gasteiger partial charge in [0.15, 0.2) is 23.0 Å². The minimum atomic E-state index is -4.26. The molecule has 0 bridgehead atoms. The zero-order valence-corrected chi connectivity index (χ0v) is 12.9. The van der Waals surface area contributed by atoms with Gasteiger partial charge in [-0.15, -0.1) is 0 Å². The minimum Gasteiger partial charge on any atom is -0.463 e. The molecular weight excluding hydrogens is 342 g/mol. The summed E-state index contributed by atoms with van der Waals surface area (Å²) in [6, 6.07) is 0. The summed E-state index contributed by atoms with van der Waals surface area (Å²) in [7, 11) is 0. The van der Waals surface area contributed by atoms with Gasteiger partial charge < -0.3 is 25.2 Å². The molecule has 0 fully saturated rings. The number of carbonyl (C=O) groups excluding carboxylic acids is 5. The fourth-order valence-electron chi connectivity index (χ4n) is 2.01. The lowest BCUT2D eigenvalue weighted by atomic mass is 9.66. The van der Waals surface area contributed by atoms with E-state index in [1.165, 1.54) is 0 Å². The van der Waals surface area contributed by atoms with Gasteiger partial charge in [-0.05, 0) is 13.8 Å². The quantitative estimate of drug-likeness (QED) is 0.153. The number of hydrogen-bond acceptors (Lipinski definition) is 11. The Morgan fingerprint density at radius 3 is 2.04 bits per heavy atom. The number of nitrogens with two attached hydrogens (primary N) is 1. The first-order chi connectivity index (χ1) is 13.2. The van der Waals surface area contributed by atoms with E-state index in [9.17, 15) is 44.4 Å². The third-order valence-corrected chi connectivity index (χ3v) is 3.42. The molecule has 0 aromatic heterocycles. The number of aliphatic hydroxyl groups excluding tert-OH is 1. The first-order valence-corrected chi connectivity index (χ1v) is 6.34. The summed E-state index contributed by atoms with van der Waals surface area (Å²) in [4.78, 5) is 59.1. The molecule has 0 saturated carbocycles. The Labute approximate surface area is 148 Å². The van der Waals surface area contributed by atoms with Crippen LogP contribution < -0.4 is 5.73 Å². The fraction of sp³-hybridized carbons (Fsp3) is 0.643. The van der Waals surface area contributed by atoms with E-state index in [-0.39, 0.29) is 0 Å². The van der Waals surface area contributed by atoms with Gasteiger partial charge in [0, 0.05) is 19.3 Å². The highest BCUT2D eigenvalue weighted by molar-refractivity contribution is 6.40. The molecule has 0 aromatic carbocycles.